The van der Waals surface area contributed by atoms with Crippen molar-refractivity contribution < 1.29 is 107 Å². The topological polar surface area (TPSA) is 660 Å². The molecule has 0 unspecified atom stereocenters. The van der Waals surface area contributed by atoms with E-state index in [1.165, 1.54) is 52.3 Å². The summed E-state index contributed by atoms with van der Waals surface area (Å²) in [5.74, 6) is -19.8. The Morgan fingerprint density at radius 3 is 1.61 bits per heavy atom. The second-order valence-corrected chi connectivity index (χ2v) is 33.0. The molecule has 15 atom stereocenters. The highest BCUT2D eigenvalue weighted by atomic mass is 32.2. The number of aliphatic carboxylic acids is 1. The molecule has 43 nitrogen and oxygen atoms in total. The number of aromatic hydroxyl groups is 1. The smallest absolute Gasteiger partial charge is 0.303 e. The number of primary amides is 2. The number of rotatable bonds is 23. The van der Waals surface area contributed by atoms with Crippen molar-refractivity contribution in [3.63, 3.8) is 0 Å². The number of amides is 17. The summed E-state index contributed by atoms with van der Waals surface area (Å²) in [5.41, 5.74) is 25.8. The molecule has 0 radical (unpaired) electrons. The second-order valence-electron chi connectivity index (χ2n) is 32.0. The molecule has 5 heterocycles. The van der Waals surface area contributed by atoms with Gasteiger partial charge in [-0.05, 0) is 80.0 Å². The molecule has 3 aliphatic rings. The van der Waals surface area contributed by atoms with Gasteiger partial charge in [0, 0.05) is 119 Å². The Balaban J connectivity index is 1.17. The zero-order chi connectivity index (χ0) is 93.9. The number of aliphatic hydroxyl groups is 2. The van der Waals surface area contributed by atoms with Crippen LogP contribution in [0.15, 0.2) is 85.2 Å². The number of nitrogens with zero attached hydrogens (tertiary/aromatic N) is 5. The Hall–Kier alpha value is -12.8. The lowest BCUT2D eigenvalue weighted by atomic mass is 10.00. The summed E-state index contributed by atoms with van der Waals surface area (Å²) in [6.07, 6.45) is -0.439. The van der Waals surface area contributed by atoms with Crippen LogP contribution in [0.3, 0.4) is 0 Å². The van der Waals surface area contributed by atoms with E-state index in [4.69, 9.17) is 22.9 Å². The minimum Gasteiger partial charge on any atom is -0.508 e. The number of fused-ring (bicyclic) bond motifs is 4. The van der Waals surface area contributed by atoms with Crippen molar-refractivity contribution in [3.8, 4) is 5.75 Å². The van der Waals surface area contributed by atoms with Crippen molar-refractivity contribution in [2.75, 3.05) is 72.0 Å². The lowest BCUT2D eigenvalue weighted by Crippen LogP contribution is -2.62. The maximum Gasteiger partial charge on any atom is 0.303 e. The van der Waals surface area contributed by atoms with Gasteiger partial charge in [-0.25, -0.2) is 0 Å². The molecule has 5 aromatic rings. The lowest BCUT2D eigenvalue weighted by molar-refractivity contribution is -0.149. The largest absolute Gasteiger partial charge is 0.508 e. The van der Waals surface area contributed by atoms with E-state index in [1.807, 2.05) is 13.8 Å². The van der Waals surface area contributed by atoms with E-state index in [0.717, 1.165) is 36.3 Å². The molecular formula is C84H117N21O22S. The lowest BCUT2D eigenvalue weighted by Gasteiger charge is -2.36. The highest BCUT2D eigenvalue weighted by Crippen LogP contribution is 2.27. The average Bonchev–Trinajstić information content (AvgIpc) is 1.60. The fourth-order valence-electron chi connectivity index (χ4n) is 15.5. The van der Waals surface area contributed by atoms with E-state index in [1.54, 1.807) is 60.9 Å². The Bertz CT molecular complexity index is 4860. The number of aromatic amines is 2. The number of phenolic OH excluding ortho intramolecular Hbond substituents is 1. The van der Waals surface area contributed by atoms with Crippen molar-refractivity contribution in [2.24, 2.45) is 22.9 Å². The van der Waals surface area contributed by atoms with Crippen molar-refractivity contribution in [2.45, 2.75) is 208 Å². The maximum absolute atomic E-state index is 15.6. The number of carbonyl (C=O) groups excluding carboxylic acids is 17. The molecule has 3 aromatic carbocycles. The summed E-state index contributed by atoms with van der Waals surface area (Å²) in [6.45, 7) is 0.932. The van der Waals surface area contributed by atoms with Crippen LogP contribution in [0.1, 0.15) is 115 Å². The zero-order valence-corrected chi connectivity index (χ0v) is 72.9. The SMILES string of the molecule is CCCC[C@H]1C(=O)N(C)[C@@H](CCCC)C(=O)N[C@@H](CN)C(=O)N[C@H](C(=O)NCC(N)=O)CSCC(=O)N[C@@H](Cc2ccc(O)cc2)C(=O)N(C)[C@@H](C)C(=O)N[C@@H](CC(N)=O)C(=O)N2CCC[C@H]2C(=O)N[C@@H](CN)C(=O)N[C@@H](CCC(=O)O)C(=O)N2C[C@H](O)C[C@H]2C(=O)N[C@@H](Cc2c[nH]c3ccccc23)C(=O)N[C@@H](CO)C(=O)N[C@@H](Cc2c[nH]c3ccccc23)C(=O)N1C. The summed E-state index contributed by atoms with van der Waals surface area (Å²) in [5, 5.41) is 68.9. The summed E-state index contributed by atoms with van der Waals surface area (Å²) in [7, 11) is 3.82. The summed E-state index contributed by atoms with van der Waals surface area (Å²) < 4.78 is 0. The van der Waals surface area contributed by atoms with Crippen LogP contribution < -0.4 is 76.1 Å². The van der Waals surface area contributed by atoms with Crippen molar-refractivity contribution in [1.82, 2.24) is 87.6 Å². The first-order chi connectivity index (χ1) is 60.9. The number of carboxylic acid groups (broad SMARTS) is 1. The molecule has 3 fully saturated rings. The number of thioether (sulfide) groups is 1. The van der Waals surface area contributed by atoms with Crippen molar-refractivity contribution in [3.05, 3.63) is 102 Å². The van der Waals surface area contributed by atoms with Crippen LogP contribution in [0, 0.1) is 0 Å². The summed E-state index contributed by atoms with van der Waals surface area (Å²) >= 11 is 0.742. The molecule has 0 spiro atoms. The number of H-pyrrole nitrogens is 2. The van der Waals surface area contributed by atoms with E-state index >= 15 is 24.0 Å². The summed E-state index contributed by atoms with van der Waals surface area (Å²) in [4.78, 5) is 269. The van der Waals surface area contributed by atoms with E-state index < -0.39 is 267 Å². The first kappa shape index (κ1) is 101. The van der Waals surface area contributed by atoms with Crippen LogP contribution in [0.5, 0.6) is 5.75 Å². The highest BCUT2D eigenvalue weighted by Gasteiger charge is 2.47. The van der Waals surface area contributed by atoms with Crippen molar-refractivity contribution in [1.29, 1.82) is 0 Å². The van der Waals surface area contributed by atoms with E-state index in [0.29, 0.717) is 64.2 Å². The third-order valence-corrected chi connectivity index (χ3v) is 23.8. The number of likely N-dealkylation sites (N-methyl/N-ethyl adjacent to an activating group) is 3. The molecule has 128 heavy (non-hydrogen) atoms. The first-order valence-electron chi connectivity index (χ1n) is 42.3. The number of carboxylic acids is 1. The van der Waals surface area contributed by atoms with Crippen LogP contribution in [-0.4, -0.2) is 324 Å². The van der Waals surface area contributed by atoms with E-state index in [2.05, 4.69) is 63.1 Å². The molecule has 17 amide bonds. The maximum atomic E-state index is 15.6. The van der Waals surface area contributed by atoms with Gasteiger partial charge in [0.25, 0.3) is 0 Å². The minimum absolute atomic E-state index is 0.0192. The Morgan fingerprint density at radius 2 is 1.02 bits per heavy atom. The number of nitrogens with one attached hydrogen (secondary N) is 12. The van der Waals surface area contributed by atoms with Gasteiger partial charge in [-0.2, -0.15) is 0 Å². The quantitative estimate of drug-likeness (QED) is 0.0290. The molecular weight excluding hydrogens is 1690 g/mol. The zero-order valence-electron chi connectivity index (χ0n) is 72.1. The number of unbranched alkanes of at least 4 members (excludes halogenated alkanes) is 2. The number of nitrogens with two attached hydrogens (primary N) is 4. The van der Waals surface area contributed by atoms with Gasteiger partial charge >= 0.3 is 5.97 Å². The molecule has 8 rings (SSSR count). The Kier molecular flexibility index (Phi) is 37.5. The predicted octanol–water partition coefficient (Wildman–Crippen LogP) is -5.42. The van der Waals surface area contributed by atoms with Crippen LogP contribution >= 0.6 is 11.8 Å². The molecule has 0 saturated carbocycles. The van der Waals surface area contributed by atoms with Gasteiger partial charge in [-0.1, -0.05) is 88.1 Å². The van der Waals surface area contributed by atoms with Gasteiger partial charge in [0.15, 0.2) is 0 Å². The second kappa shape index (κ2) is 47.7. The minimum atomic E-state index is -1.93. The normalized spacial score (nSPS) is 25.5. The molecule has 2 aromatic heterocycles. The number of para-hydroxylation sites is 2. The van der Waals surface area contributed by atoms with Crippen molar-refractivity contribution >= 4 is 140 Å². The number of aliphatic hydroxyl groups excluding tert-OH is 2. The fourth-order valence-corrected chi connectivity index (χ4v) is 16.3. The standard InChI is InChI=1S/C84H117N21O22S/c1-7-9-20-63-77(120)97-60(36-86)75(118)100-62(72(115)91-39-68(88)110)42-128-43-69(111)92-56(30-45-23-25-48(107)26-24-45)80(123)101(4)44(3)71(114)95-58(34-67(87)109)83(126)104-29-15-22-64(104)78(121)98-59(35-85)74(117)93-54(27-28-70(112)113)82(125)105-40-49(108)33-66(105)79(122)94-55(31-46-37-89-52-18-13-11-16-50(46)52)73(116)99-61(41-106)76(119)96-57(32-47-38-90-53-19-14-12-17-51(47)53)81(124)103(6)65(21-10-8-2)84(127)102(63)5/h11-14,16-19,23-26,37-38,44,49,54-66,89-90,106-108H,7-10,15,20-22,27-36,39-43,85-86H2,1-6H3,(H2,87,109)(H2,88,110)(H,91,115)(H,92,111)(H,93,117)(H,94,122)(H,95,114)(H,96,119)(H,97,120)(H,98,121)(H,99,116)(H,100,118)(H,112,113)/t44-,49+,54-,55-,56-,57-,58-,59-,60-,61-,62-,63-,64-,65-,66-/m0/s1. The highest BCUT2D eigenvalue weighted by molar-refractivity contribution is 8.00. The summed E-state index contributed by atoms with van der Waals surface area (Å²) in [6, 6.07) is -3.55. The van der Waals surface area contributed by atoms with Crippen LogP contribution in [-0.2, 0) is 106 Å². The Labute approximate surface area is 741 Å². The average molecular weight is 1810 g/mol. The number of hydrogen-bond acceptors (Lipinski definition) is 24. The van der Waals surface area contributed by atoms with Gasteiger partial charge in [0.2, 0.25) is 100 Å². The molecule has 0 bridgehead atoms. The van der Waals surface area contributed by atoms with Crippen LogP contribution in [0.4, 0.5) is 0 Å². The van der Waals surface area contributed by atoms with Gasteiger partial charge in [-0.15, -0.1) is 11.8 Å². The van der Waals surface area contributed by atoms with Gasteiger partial charge in [0.1, 0.15) is 90.3 Å². The number of carbonyl (C=O) groups is 18. The fraction of sp³-hybridized carbons (Fsp3) is 0.524. The molecule has 3 aliphatic heterocycles. The van der Waals surface area contributed by atoms with Gasteiger partial charge < -0.3 is 131 Å². The van der Waals surface area contributed by atoms with Gasteiger partial charge in [-0.3, -0.25) is 86.3 Å². The van der Waals surface area contributed by atoms with Gasteiger partial charge in [0.05, 0.1) is 31.4 Å². The predicted molar refractivity (Wildman–Crippen MR) is 464 cm³/mol. The number of aromatic nitrogens is 2. The molecule has 3 saturated heterocycles. The molecule has 24 N–H and O–H groups in total. The molecule has 0 aliphatic carbocycles. The molecule has 44 heteroatoms. The Morgan fingerprint density at radius 1 is 0.523 bits per heavy atom. The number of hydrogen-bond donors (Lipinski definition) is 20. The number of benzene rings is 3. The van der Waals surface area contributed by atoms with Crippen LogP contribution in [0.25, 0.3) is 21.8 Å². The first-order valence-corrected chi connectivity index (χ1v) is 43.4. The third-order valence-electron chi connectivity index (χ3n) is 22.8. The third kappa shape index (κ3) is 27.1. The van der Waals surface area contributed by atoms with Crippen LogP contribution in [0.2, 0.25) is 0 Å². The number of phenols is 1. The van der Waals surface area contributed by atoms with E-state index in [-0.39, 0.29) is 57.2 Å². The monoisotopic (exact) mass is 1800 g/mol. The van der Waals surface area contributed by atoms with E-state index in [9.17, 15) is 82.8 Å². The molecule has 696 valence electrons.